The summed E-state index contributed by atoms with van der Waals surface area (Å²) in [6.07, 6.45) is -0.433. The van der Waals surface area contributed by atoms with Gasteiger partial charge in [-0.2, -0.15) is 13.2 Å². The Morgan fingerprint density at radius 3 is 2.13 bits per heavy atom. The van der Waals surface area contributed by atoms with Crippen LogP contribution in [0.4, 0.5) is 24.5 Å². The lowest BCUT2D eigenvalue weighted by atomic mass is 9.80. The number of carbonyl (C=O) groups is 1. The summed E-state index contributed by atoms with van der Waals surface area (Å²) >= 11 is 5.71. The predicted octanol–water partition coefficient (Wildman–Crippen LogP) is 6.16. The zero-order valence-corrected chi connectivity index (χ0v) is 17.7. The van der Waals surface area contributed by atoms with E-state index in [1.54, 1.807) is 6.07 Å². The van der Waals surface area contributed by atoms with E-state index < -0.39 is 17.3 Å². The predicted molar refractivity (Wildman–Crippen MR) is 116 cm³/mol. The summed E-state index contributed by atoms with van der Waals surface area (Å²) in [4.78, 5) is 16.9. The number of hydrogen-bond donors (Lipinski definition) is 0. The molecule has 2 aromatic carbocycles. The minimum absolute atomic E-state index is 0.117. The molecule has 7 heteroatoms. The molecule has 1 aliphatic carbocycles. The second-order valence-electron chi connectivity index (χ2n) is 8.18. The van der Waals surface area contributed by atoms with Crippen LogP contribution in [-0.2, 0) is 11.0 Å². The molecule has 1 aliphatic heterocycles. The maximum atomic E-state index is 13.7. The van der Waals surface area contributed by atoms with Crippen LogP contribution in [0.25, 0.3) is 0 Å². The van der Waals surface area contributed by atoms with Gasteiger partial charge in [-0.05, 0) is 68.7 Å². The van der Waals surface area contributed by atoms with Gasteiger partial charge in [-0.15, -0.1) is 0 Å². The van der Waals surface area contributed by atoms with Gasteiger partial charge >= 0.3 is 6.18 Å². The molecule has 1 saturated carbocycles. The van der Waals surface area contributed by atoms with E-state index in [1.165, 1.54) is 17.9 Å². The number of hydrogen-bond acceptors (Lipinski definition) is 2. The Hall–Kier alpha value is -2.41. The smallest absolute Gasteiger partial charge is 0.303 e. The maximum Gasteiger partial charge on any atom is 0.416 e. The van der Waals surface area contributed by atoms with Gasteiger partial charge in [-0.25, -0.2) is 0 Å². The number of thiocarbonyl (C=S) groups is 1. The van der Waals surface area contributed by atoms with Gasteiger partial charge in [-0.3, -0.25) is 9.69 Å². The number of carbonyl (C=O) groups excluding carboxylic acids is 1. The maximum absolute atomic E-state index is 13.7. The van der Waals surface area contributed by atoms with E-state index in [0.717, 1.165) is 36.6 Å². The van der Waals surface area contributed by atoms with E-state index >= 15 is 0 Å². The monoisotopic (exact) mass is 432 g/mol. The second kappa shape index (κ2) is 7.38. The van der Waals surface area contributed by atoms with Gasteiger partial charge in [0, 0.05) is 5.69 Å². The average molecular weight is 433 g/mol. The molecule has 3 nitrogen and oxygen atoms in total. The molecular weight excluding hydrogens is 409 g/mol. The minimum Gasteiger partial charge on any atom is -0.303 e. The molecule has 4 rings (SSSR count). The van der Waals surface area contributed by atoms with Crippen molar-refractivity contribution in [1.82, 2.24) is 0 Å². The van der Waals surface area contributed by atoms with E-state index in [9.17, 15) is 18.0 Å². The SMILES string of the molecule is Cc1ccc(N2C(=S)N(c3ccc(C)c(C(F)(F)F)c3)C(=O)C23CCCCC3)cc1. The Morgan fingerprint density at radius 2 is 1.53 bits per heavy atom. The molecule has 1 saturated heterocycles. The molecule has 1 spiro atoms. The topological polar surface area (TPSA) is 23.6 Å². The molecule has 0 unspecified atom stereocenters. The van der Waals surface area contributed by atoms with Crippen LogP contribution in [0.15, 0.2) is 42.5 Å². The highest BCUT2D eigenvalue weighted by molar-refractivity contribution is 7.81. The van der Waals surface area contributed by atoms with Crippen molar-refractivity contribution in [2.45, 2.75) is 57.7 Å². The van der Waals surface area contributed by atoms with Crippen LogP contribution in [0.5, 0.6) is 0 Å². The second-order valence-corrected chi connectivity index (χ2v) is 8.55. The fraction of sp³-hybridized carbons (Fsp3) is 0.391. The number of alkyl halides is 3. The fourth-order valence-corrected chi connectivity index (χ4v) is 5.05. The third kappa shape index (κ3) is 3.29. The Morgan fingerprint density at radius 1 is 0.933 bits per heavy atom. The van der Waals surface area contributed by atoms with Crippen molar-refractivity contribution in [1.29, 1.82) is 0 Å². The van der Waals surface area contributed by atoms with Crippen LogP contribution in [0, 0.1) is 13.8 Å². The summed E-state index contributed by atoms with van der Waals surface area (Å²) in [6.45, 7) is 3.39. The first kappa shape index (κ1) is 20.8. The van der Waals surface area contributed by atoms with E-state index in [0.29, 0.717) is 12.8 Å². The Kier molecular flexibility index (Phi) is 5.12. The Bertz CT molecular complexity index is 994. The lowest BCUT2D eigenvalue weighted by molar-refractivity contribution is -0.138. The Balaban J connectivity index is 1.84. The lowest BCUT2D eigenvalue weighted by Crippen LogP contribution is -2.51. The lowest BCUT2D eigenvalue weighted by Gasteiger charge is -2.39. The highest BCUT2D eigenvalue weighted by Crippen LogP contribution is 2.45. The van der Waals surface area contributed by atoms with E-state index in [1.807, 2.05) is 36.1 Å². The van der Waals surface area contributed by atoms with E-state index in [2.05, 4.69) is 0 Å². The molecule has 0 atom stereocenters. The average Bonchev–Trinajstić information content (AvgIpc) is 2.90. The highest BCUT2D eigenvalue weighted by Gasteiger charge is 2.56. The summed E-state index contributed by atoms with van der Waals surface area (Å²) < 4.78 is 40.5. The largest absolute Gasteiger partial charge is 0.416 e. The normalized spacial score (nSPS) is 19.1. The molecule has 0 aromatic heterocycles. The van der Waals surface area contributed by atoms with Crippen LogP contribution in [0.1, 0.15) is 48.8 Å². The molecule has 1 amide bonds. The number of nitrogens with zero attached hydrogens (tertiary/aromatic N) is 2. The van der Waals surface area contributed by atoms with Gasteiger partial charge in [0.1, 0.15) is 5.54 Å². The van der Waals surface area contributed by atoms with Crippen LogP contribution in [0.2, 0.25) is 0 Å². The van der Waals surface area contributed by atoms with Gasteiger partial charge in [0.05, 0.1) is 11.3 Å². The van der Waals surface area contributed by atoms with E-state index in [4.69, 9.17) is 12.2 Å². The molecule has 2 aromatic rings. The van der Waals surface area contributed by atoms with Gasteiger partial charge in [-0.1, -0.05) is 43.0 Å². The van der Waals surface area contributed by atoms with Crippen LogP contribution < -0.4 is 9.80 Å². The van der Waals surface area contributed by atoms with E-state index in [-0.39, 0.29) is 22.3 Å². The first-order chi connectivity index (χ1) is 14.1. The molecule has 2 fully saturated rings. The number of anilines is 2. The number of aryl methyl sites for hydroxylation is 2. The molecule has 158 valence electrons. The quantitative estimate of drug-likeness (QED) is 0.531. The molecule has 0 N–H and O–H groups in total. The standard InChI is InChI=1S/C23H23F3N2OS/c1-15-6-9-17(10-7-15)28-21(30)27(20(29)22(28)12-4-3-5-13-22)18-11-8-16(2)19(14-18)23(24,25)26/h6-11,14H,3-5,12-13H2,1-2H3. The third-order valence-corrected chi connectivity index (χ3v) is 6.53. The van der Waals surface area contributed by atoms with Crippen molar-refractivity contribution in [3.63, 3.8) is 0 Å². The molecule has 1 heterocycles. The molecule has 2 aliphatic rings. The summed E-state index contributed by atoms with van der Waals surface area (Å²) in [5, 5.41) is 0.239. The molecular formula is C23H23F3N2OS. The molecule has 30 heavy (non-hydrogen) atoms. The van der Waals surface area contributed by atoms with Gasteiger partial charge in [0.2, 0.25) is 0 Å². The number of amides is 1. The summed E-state index contributed by atoms with van der Waals surface area (Å²) in [5.41, 5.74) is 0.578. The van der Waals surface area contributed by atoms with Crippen molar-refractivity contribution >= 4 is 34.6 Å². The molecule has 0 radical (unpaired) electrons. The van der Waals surface area contributed by atoms with Gasteiger partial charge in [0.15, 0.2) is 5.11 Å². The number of halogens is 3. The minimum atomic E-state index is -4.50. The third-order valence-electron chi connectivity index (χ3n) is 6.17. The van der Waals surface area contributed by atoms with Crippen LogP contribution >= 0.6 is 12.2 Å². The number of rotatable bonds is 2. The Labute approximate surface area is 179 Å². The first-order valence-corrected chi connectivity index (χ1v) is 10.5. The van der Waals surface area contributed by atoms with Crippen molar-refractivity contribution in [2.75, 3.05) is 9.80 Å². The van der Waals surface area contributed by atoms with Crippen LogP contribution in [-0.4, -0.2) is 16.6 Å². The zero-order chi connectivity index (χ0) is 21.7. The first-order valence-electron chi connectivity index (χ1n) is 10.1. The van der Waals surface area contributed by atoms with Crippen molar-refractivity contribution < 1.29 is 18.0 Å². The van der Waals surface area contributed by atoms with Gasteiger partial charge < -0.3 is 4.90 Å². The zero-order valence-electron chi connectivity index (χ0n) is 16.9. The summed E-state index contributed by atoms with van der Waals surface area (Å²) in [6, 6.07) is 11.7. The van der Waals surface area contributed by atoms with Crippen molar-refractivity contribution in [2.24, 2.45) is 0 Å². The summed E-state index contributed by atoms with van der Waals surface area (Å²) in [7, 11) is 0. The number of benzene rings is 2. The fourth-order valence-electron chi connectivity index (χ4n) is 4.58. The highest BCUT2D eigenvalue weighted by atomic mass is 32.1. The van der Waals surface area contributed by atoms with Crippen molar-refractivity contribution in [3.8, 4) is 0 Å². The van der Waals surface area contributed by atoms with Gasteiger partial charge in [0.25, 0.3) is 5.91 Å². The molecule has 0 bridgehead atoms. The summed E-state index contributed by atoms with van der Waals surface area (Å²) in [5.74, 6) is -0.232. The van der Waals surface area contributed by atoms with Crippen molar-refractivity contribution in [3.05, 3.63) is 59.2 Å². The van der Waals surface area contributed by atoms with Crippen LogP contribution in [0.3, 0.4) is 0 Å².